The molecule has 0 aromatic heterocycles. The molecule has 1 fully saturated rings. The van der Waals surface area contributed by atoms with Gasteiger partial charge in [-0.1, -0.05) is 36.4 Å². The normalized spacial score (nSPS) is 24.6. The SMILES string of the molecule is NC1=NC(Cc2ccc(OC(F)F)cc2)(c2cccc(C3CC(CC(=O)O)C3)c2)C(=O)N1. The lowest BCUT2D eigenvalue weighted by Gasteiger charge is -2.35. The molecule has 4 N–H and O–H groups in total. The van der Waals surface area contributed by atoms with Crippen molar-refractivity contribution in [2.45, 2.75) is 43.8 Å². The molecule has 2 aliphatic rings. The summed E-state index contributed by atoms with van der Waals surface area (Å²) in [6, 6.07) is 13.6. The van der Waals surface area contributed by atoms with Gasteiger partial charge in [0.05, 0.1) is 0 Å². The summed E-state index contributed by atoms with van der Waals surface area (Å²) in [5.74, 6) is -0.723. The minimum atomic E-state index is -2.92. The first-order valence-corrected chi connectivity index (χ1v) is 10.3. The molecule has 1 saturated carbocycles. The Balaban J connectivity index is 1.59. The van der Waals surface area contributed by atoms with Crippen molar-refractivity contribution in [2.75, 3.05) is 0 Å². The summed E-state index contributed by atoms with van der Waals surface area (Å²) in [6.07, 6.45) is 1.91. The van der Waals surface area contributed by atoms with Crippen molar-refractivity contribution in [1.29, 1.82) is 0 Å². The highest BCUT2D eigenvalue weighted by Crippen LogP contribution is 2.44. The van der Waals surface area contributed by atoms with E-state index in [1.165, 1.54) is 12.1 Å². The Morgan fingerprint density at radius 1 is 1.25 bits per heavy atom. The number of nitrogens with one attached hydrogen (secondary N) is 1. The highest BCUT2D eigenvalue weighted by molar-refractivity contribution is 6.07. The quantitative estimate of drug-likeness (QED) is 0.580. The first-order chi connectivity index (χ1) is 15.2. The second-order valence-electron chi connectivity index (χ2n) is 8.27. The Labute approximate surface area is 183 Å². The molecule has 1 atom stereocenters. The second kappa shape index (κ2) is 8.57. The summed E-state index contributed by atoms with van der Waals surface area (Å²) >= 11 is 0. The maximum Gasteiger partial charge on any atom is 0.387 e. The summed E-state index contributed by atoms with van der Waals surface area (Å²) in [5.41, 5.74) is 6.95. The highest BCUT2D eigenvalue weighted by Gasteiger charge is 2.45. The predicted octanol–water partition coefficient (Wildman–Crippen LogP) is 3.14. The van der Waals surface area contributed by atoms with Gasteiger partial charge in [0.2, 0.25) is 0 Å². The standard InChI is InChI=1S/C23H23F2N3O4/c24-21(25)32-18-6-4-13(5-7-18)12-23(20(31)27-22(26)28-23)17-3-1-2-15(11-17)16-8-14(9-16)10-19(29)30/h1-7,11,14,16,21H,8-10,12H2,(H,29,30)(H3,26,27,28,31). The number of nitrogens with zero attached hydrogens (tertiary/aromatic N) is 1. The van der Waals surface area contributed by atoms with Gasteiger partial charge in [-0.15, -0.1) is 0 Å². The third-order valence-electron chi connectivity index (χ3n) is 6.07. The third-order valence-corrected chi connectivity index (χ3v) is 6.07. The number of carbonyl (C=O) groups excluding carboxylic acids is 1. The zero-order chi connectivity index (χ0) is 22.9. The smallest absolute Gasteiger partial charge is 0.387 e. The summed E-state index contributed by atoms with van der Waals surface area (Å²) < 4.78 is 29.2. The lowest BCUT2D eigenvalue weighted by atomic mass is 9.69. The van der Waals surface area contributed by atoms with E-state index in [0.717, 1.165) is 18.4 Å². The zero-order valence-electron chi connectivity index (χ0n) is 17.1. The predicted molar refractivity (Wildman–Crippen MR) is 112 cm³/mol. The number of carboxylic acid groups (broad SMARTS) is 1. The van der Waals surface area contributed by atoms with Gasteiger partial charge >= 0.3 is 12.6 Å². The molecule has 32 heavy (non-hydrogen) atoms. The number of ether oxygens (including phenoxy) is 1. The number of aliphatic imine (C=N–C) groups is 1. The van der Waals surface area contributed by atoms with Crippen molar-refractivity contribution in [3.63, 3.8) is 0 Å². The van der Waals surface area contributed by atoms with Crippen LogP contribution in [0.3, 0.4) is 0 Å². The number of aliphatic carboxylic acids is 1. The van der Waals surface area contributed by atoms with Crippen LogP contribution in [-0.4, -0.2) is 29.6 Å². The molecule has 1 aliphatic heterocycles. The fourth-order valence-electron chi connectivity index (χ4n) is 4.48. The highest BCUT2D eigenvalue weighted by atomic mass is 19.3. The van der Waals surface area contributed by atoms with Gasteiger partial charge in [-0.2, -0.15) is 8.78 Å². The van der Waals surface area contributed by atoms with E-state index in [1.807, 2.05) is 24.3 Å². The molecule has 1 unspecified atom stereocenters. The maximum atomic E-state index is 13.0. The van der Waals surface area contributed by atoms with E-state index in [-0.39, 0.29) is 42.3 Å². The largest absolute Gasteiger partial charge is 0.481 e. The Morgan fingerprint density at radius 2 is 1.97 bits per heavy atom. The van der Waals surface area contributed by atoms with Gasteiger partial charge in [0.1, 0.15) is 5.75 Å². The molecular formula is C23H23F2N3O4. The van der Waals surface area contributed by atoms with Crippen LogP contribution in [-0.2, 0) is 21.5 Å². The average molecular weight is 443 g/mol. The van der Waals surface area contributed by atoms with E-state index in [2.05, 4.69) is 15.0 Å². The van der Waals surface area contributed by atoms with E-state index < -0.39 is 18.1 Å². The molecular weight excluding hydrogens is 420 g/mol. The minimum Gasteiger partial charge on any atom is -0.481 e. The van der Waals surface area contributed by atoms with Gasteiger partial charge in [-0.25, -0.2) is 4.99 Å². The number of amides is 1. The lowest BCUT2D eigenvalue weighted by molar-refractivity contribution is -0.138. The lowest BCUT2D eigenvalue weighted by Crippen LogP contribution is -2.40. The number of carbonyl (C=O) groups is 2. The molecule has 0 bridgehead atoms. The second-order valence-corrected chi connectivity index (χ2v) is 8.27. The number of nitrogens with two attached hydrogens (primary N) is 1. The van der Waals surface area contributed by atoms with E-state index in [0.29, 0.717) is 11.1 Å². The number of benzene rings is 2. The first-order valence-electron chi connectivity index (χ1n) is 10.3. The number of alkyl halides is 2. The molecule has 1 aliphatic carbocycles. The zero-order valence-corrected chi connectivity index (χ0v) is 17.1. The fraction of sp³-hybridized carbons (Fsp3) is 0.348. The Hall–Kier alpha value is -3.49. The van der Waals surface area contributed by atoms with Crippen LogP contribution in [0.25, 0.3) is 0 Å². The Bertz CT molecular complexity index is 1050. The Morgan fingerprint density at radius 3 is 2.56 bits per heavy atom. The van der Waals surface area contributed by atoms with Gasteiger partial charge in [-0.05, 0) is 53.5 Å². The van der Waals surface area contributed by atoms with Crippen LogP contribution in [0.15, 0.2) is 53.5 Å². The van der Waals surface area contributed by atoms with Crippen LogP contribution in [0, 0.1) is 5.92 Å². The number of guanidine groups is 1. The summed E-state index contributed by atoms with van der Waals surface area (Å²) in [7, 11) is 0. The van der Waals surface area contributed by atoms with Crippen LogP contribution in [0.1, 0.15) is 41.9 Å². The molecule has 0 saturated heterocycles. The number of rotatable bonds is 8. The number of halogens is 2. The number of hydrogen-bond donors (Lipinski definition) is 3. The topological polar surface area (TPSA) is 114 Å². The third kappa shape index (κ3) is 4.42. The average Bonchev–Trinajstić information content (AvgIpc) is 2.99. The van der Waals surface area contributed by atoms with Gasteiger partial charge in [0, 0.05) is 12.8 Å². The molecule has 1 amide bonds. The molecule has 168 valence electrons. The van der Waals surface area contributed by atoms with Crippen molar-refractivity contribution in [2.24, 2.45) is 16.6 Å². The van der Waals surface area contributed by atoms with Gasteiger partial charge in [0.15, 0.2) is 11.5 Å². The van der Waals surface area contributed by atoms with Gasteiger partial charge in [0.25, 0.3) is 5.91 Å². The van der Waals surface area contributed by atoms with Crippen molar-refractivity contribution in [1.82, 2.24) is 5.32 Å². The molecule has 0 radical (unpaired) electrons. The molecule has 2 aromatic carbocycles. The fourth-order valence-corrected chi connectivity index (χ4v) is 4.48. The first kappa shape index (κ1) is 21.7. The van der Waals surface area contributed by atoms with Crippen molar-refractivity contribution < 1.29 is 28.2 Å². The number of hydrogen-bond acceptors (Lipinski definition) is 5. The van der Waals surface area contributed by atoms with Crippen molar-refractivity contribution in [3.8, 4) is 5.75 Å². The molecule has 0 spiro atoms. The van der Waals surface area contributed by atoms with Crippen LogP contribution >= 0.6 is 0 Å². The van der Waals surface area contributed by atoms with Crippen molar-refractivity contribution >= 4 is 17.8 Å². The summed E-state index contributed by atoms with van der Waals surface area (Å²) in [6.45, 7) is -2.92. The van der Waals surface area contributed by atoms with E-state index in [9.17, 15) is 18.4 Å². The molecule has 9 heteroatoms. The monoisotopic (exact) mass is 443 g/mol. The number of carboxylic acids is 1. The van der Waals surface area contributed by atoms with Crippen LogP contribution < -0.4 is 15.8 Å². The van der Waals surface area contributed by atoms with Crippen LogP contribution in [0.5, 0.6) is 5.75 Å². The summed E-state index contributed by atoms with van der Waals surface area (Å²) in [5, 5.41) is 11.5. The molecule has 1 heterocycles. The molecule has 4 rings (SSSR count). The summed E-state index contributed by atoms with van der Waals surface area (Å²) in [4.78, 5) is 28.3. The minimum absolute atomic E-state index is 0.0169. The molecule has 7 nitrogen and oxygen atoms in total. The van der Waals surface area contributed by atoms with E-state index in [1.54, 1.807) is 12.1 Å². The van der Waals surface area contributed by atoms with Crippen LogP contribution in [0.2, 0.25) is 0 Å². The van der Waals surface area contributed by atoms with E-state index in [4.69, 9.17) is 10.8 Å². The van der Waals surface area contributed by atoms with Crippen molar-refractivity contribution in [3.05, 3.63) is 65.2 Å². The van der Waals surface area contributed by atoms with Crippen LogP contribution in [0.4, 0.5) is 8.78 Å². The van der Waals surface area contributed by atoms with E-state index >= 15 is 0 Å². The van der Waals surface area contributed by atoms with Gasteiger partial charge in [-0.3, -0.25) is 14.9 Å². The Kier molecular flexibility index (Phi) is 5.82. The van der Waals surface area contributed by atoms with Gasteiger partial charge < -0.3 is 15.6 Å². The molecule has 2 aromatic rings. The maximum absolute atomic E-state index is 13.0.